The van der Waals surface area contributed by atoms with Crippen LogP contribution in [0.1, 0.15) is 12.0 Å². The van der Waals surface area contributed by atoms with Crippen LogP contribution in [0, 0.1) is 5.82 Å². The van der Waals surface area contributed by atoms with Gasteiger partial charge in [-0.1, -0.05) is 18.2 Å². The van der Waals surface area contributed by atoms with Crippen LogP contribution in [-0.4, -0.2) is 60.3 Å². The predicted molar refractivity (Wildman–Crippen MR) is 98.8 cm³/mol. The molecule has 6 nitrogen and oxygen atoms in total. The zero-order chi connectivity index (χ0) is 17.8. The summed E-state index contributed by atoms with van der Waals surface area (Å²) in [4.78, 5) is 13.5. The Morgan fingerprint density at radius 3 is 2.85 bits per heavy atom. The Balaban J connectivity index is 1.34. The van der Waals surface area contributed by atoms with Crippen molar-refractivity contribution in [2.24, 2.45) is 0 Å². The fraction of sp³-hybridized carbons (Fsp3) is 0.474. The van der Waals surface area contributed by atoms with E-state index in [1.54, 1.807) is 12.3 Å². The number of hydrogen-bond donors (Lipinski definition) is 1. The van der Waals surface area contributed by atoms with Gasteiger partial charge >= 0.3 is 0 Å². The zero-order valence-electron chi connectivity index (χ0n) is 14.8. The molecule has 0 aliphatic carbocycles. The van der Waals surface area contributed by atoms with Gasteiger partial charge in [0.25, 0.3) is 0 Å². The molecule has 26 heavy (non-hydrogen) atoms. The van der Waals surface area contributed by atoms with E-state index in [0.717, 1.165) is 49.9 Å². The maximum Gasteiger partial charge on any atom is 0.227 e. The Morgan fingerprint density at radius 2 is 2.00 bits per heavy atom. The smallest absolute Gasteiger partial charge is 0.227 e. The van der Waals surface area contributed by atoms with Gasteiger partial charge in [0.1, 0.15) is 11.6 Å². The van der Waals surface area contributed by atoms with Crippen molar-refractivity contribution in [3.8, 4) is 0 Å². The van der Waals surface area contributed by atoms with Crippen molar-refractivity contribution in [3.63, 3.8) is 0 Å². The first-order valence-electron chi connectivity index (χ1n) is 9.16. The first-order chi connectivity index (χ1) is 12.8. The van der Waals surface area contributed by atoms with Crippen LogP contribution in [0.25, 0.3) is 0 Å². The summed E-state index contributed by atoms with van der Waals surface area (Å²) in [6.07, 6.45) is 2.82. The van der Waals surface area contributed by atoms with Crippen LogP contribution in [0.5, 0.6) is 0 Å². The van der Waals surface area contributed by atoms with E-state index in [0.29, 0.717) is 25.8 Å². The Bertz CT molecular complexity index is 737. The monoisotopic (exact) mass is 357 g/mol. The van der Waals surface area contributed by atoms with E-state index in [2.05, 4.69) is 25.1 Å². The summed E-state index contributed by atoms with van der Waals surface area (Å²) in [7, 11) is 0. The highest BCUT2D eigenvalue weighted by Gasteiger charge is 2.23. The largest absolute Gasteiger partial charge is 0.378 e. The molecule has 0 amide bonds. The lowest BCUT2D eigenvalue weighted by atomic mass is 10.2. The summed E-state index contributed by atoms with van der Waals surface area (Å²) in [6, 6.07) is 9.22. The normalized spacial score (nSPS) is 21.1. The summed E-state index contributed by atoms with van der Waals surface area (Å²) in [6.45, 7) is 5.56. The lowest BCUT2D eigenvalue weighted by molar-refractivity contribution is 0.122. The molecule has 0 saturated carbocycles. The van der Waals surface area contributed by atoms with Gasteiger partial charge in [0, 0.05) is 50.5 Å². The molecule has 0 radical (unpaired) electrons. The number of ether oxygens (including phenoxy) is 1. The molecule has 7 heteroatoms. The average Bonchev–Trinajstić information content (AvgIpc) is 3.11. The highest BCUT2D eigenvalue weighted by Crippen LogP contribution is 2.19. The maximum atomic E-state index is 13.8. The third kappa shape index (κ3) is 4.11. The van der Waals surface area contributed by atoms with E-state index < -0.39 is 0 Å². The third-order valence-electron chi connectivity index (χ3n) is 4.91. The minimum atomic E-state index is -0.130. The SMILES string of the molecule is Fc1ccccc1CN1CCC(Nc2ccnc(N3CCOCC3)n2)C1. The molecule has 1 aromatic heterocycles. The number of anilines is 2. The first-order valence-corrected chi connectivity index (χ1v) is 9.16. The summed E-state index contributed by atoms with van der Waals surface area (Å²) < 4.78 is 19.2. The van der Waals surface area contributed by atoms with Gasteiger partial charge in [-0.2, -0.15) is 4.98 Å². The minimum Gasteiger partial charge on any atom is -0.378 e. The molecule has 3 heterocycles. The van der Waals surface area contributed by atoms with E-state index in [-0.39, 0.29) is 5.82 Å². The fourth-order valence-electron chi connectivity index (χ4n) is 3.52. The summed E-state index contributed by atoms with van der Waals surface area (Å²) in [5.74, 6) is 1.47. The molecular formula is C19H24FN5O. The Hall–Kier alpha value is -2.25. The van der Waals surface area contributed by atoms with Gasteiger partial charge in [0.05, 0.1) is 13.2 Å². The second-order valence-electron chi connectivity index (χ2n) is 6.80. The lowest BCUT2D eigenvalue weighted by Crippen LogP contribution is -2.37. The van der Waals surface area contributed by atoms with E-state index in [1.165, 1.54) is 6.07 Å². The van der Waals surface area contributed by atoms with Crippen LogP contribution >= 0.6 is 0 Å². The molecule has 0 bridgehead atoms. The molecular weight excluding hydrogens is 333 g/mol. The number of aromatic nitrogens is 2. The summed E-state index contributed by atoms with van der Waals surface area (Å²) >= 11 is 0. The van der Waals surface area contributed by atoms with Crippen LogP contribution in [-0.2, 0) is 11.3 Å². The van der Waals surface area contributed by atoms with Crippen LogP contribution in [0.2, 0.25) is 0 Å². The predicted octanol–water partition coefficient (Wildman–Crippen LogP) is 2.14. The van der Waals surface area contributed by atoms with Gasteiger partial charge in [-0.15, -0.1) is 0 Å². The van der Waals surface area contributed by atoms with Crippen LogP contribution in [0.4, 0.5) is 16.2 Å². The van der Waals surface area contributed by atoms with E-state index in [1.807, 2.05) is 18.2 Å². The van der Waals surface area contributed by atoms with Crippen molar-refractivity contribution in [2.45, 2.75) is 19.0 Å². The first kappa shape index (κ1) is 17.2. The molecule has 2 aromatic rings. The lowest BCUT2D eigenvalue weighted by Gasteiger charge is -2.27. The average molecular weight is 357 g/mol. The summed E-state index contributed by atoms with van der Waals surface area (Å²) in [5.41, 5.74) is 0.754. The fourth-order valence-corrected chi connectivity index (χ4v) is 3.52. The number of likely N-dealkylation sites (tertiary alicyclic amines) is 1. The standard InChI is InChI=1S/C19H24FN5O/c20-17-4-2-1-3-15(17)13-24-8-6-16(14-24)22-18-5-7-21-19(23-18)25-9-11-26-12-10-25/h1-5,7,16H,6,8-14H2,(H,21,22,23). The van der Waals surface area contributed by atoms with E-state index >= 15 is 0 Å². The van der Waals surface area contributed by atoms with Gasteiger partial charge in [0.15, 0.2) is 0 Å². The number of nitrogens with one attached hydrogen (secondary N) is 1. The third-order valence-corrected chi connectivity index (χ3v) is 4.91. The molecule has 1 atom stereocenters. The number of rotatable bonds is 5. The van der Waals surface area contributed by atoms with Crippen LogP contribution in [0.3, 0.4) is 0 Å². The topological polar surface area (TPSA) is 53.5 Å². The van der Waals surface area contributed by atoms with Gasteiger partial charge < -0.3 is 15.0 Å². The molecule has 1 unspecified atom stereocenters. The van der Waals surface area contributed by atoms with Crippen LogP contribution in [0.15, 0.2) is 36.5 Å². The molecule has 2 saturated heterocycles. The number of morpholine rings is 1. The van der Waals surface area contributed by atoms with Gasteiger partial charge in [-0.3, -0.25) is 4.90 Å². The second kappa shape index (κ2) is 7.97. The molecule has 2 aliphatic rings. The van der Waals surface area contributed by atoms with Crippen molar-refractivity contribution in [2.75, 3.05) is 49.6 Å². The Morgan fingerprint density at radius 1 is 1.15 bits per heavy atom. The molecule has 1 aromatic carbocycles. The molecule has 2 fully saturated rings. The molecule has 138 valence electrons. The van der Waals surface area contributed by atoms with Crippen molar-refractivity contribution in [1.82, 2.24) is 14.9 Å². The number of halogens is 1. The van der Waals surface area contributed by atoms with Crippen molar-refractivity contribution < 1.29 is 9.13 Å². The van der Waals surface area contributed by atoms with E-state index in [9.17, 15) is 4.39 Å². The van der Waals surface area contributed by atoms with Crippen molar-refractivity contribution in [3.05, 3.63) is 47.9 Å². The number of hydrogen-bond acceptors (Lipinski definition) is 6. The van der Waals surface area contributed by atoms with Gasteiger partial charge in [-0.05, 0) is 18.6 Å². The Labute approximate surface area is 153 Å². The molecule has 2 aliphatic heterocycles. The molecule has 0 spiro atoms. The van der Waals surface area contributed by atoms with Gasteiger partial charge in [0.2, 0.25) is 5.95 Å². The Kier molecular flexibility index (Phi) is 5.26. The number of benzene rings is 1. The highest BCUT2D eigenvalue weighted by molar-refractivity contribution is 5.42. The zero-order valence-corrected chi connectivity index (χ0v) is 14.8. The van der Waals surface area contributed by atoms with Gasteiger partial charge in [-0.25, -0.2) is 9.37 Å². The van der Waals surface area contributed by atoms with Crippen LogP contribution < -0.4 is 10.2 Å². The van der Waals surface area contributed by atoms with E-state index in [4.69, 9.17) is 4.74 Å². The summed E-state index contributed by atoms with van der Waals surface area (Å²) in [5, 5.41) is 3.51. The molecule has 1 N–H and O–H groups in total. The quantitative estimate of drug-likeness (QED) is 0.885. The highest BCUT2D eigenvalue weighted by atomic mass is 19.1. The second-order valence-corrected chi connectivity index (χ2v) is 6.80. The van der Waals surface area contributed by atoms with Crippen molar-refractivity contribution in [1.29, 1.82) is 0 Å². The minimum absolute atomic E-state index is 0.130. The number of nitrogens with zero attached hydrogens (tertiary/aromatic N) is 4. The molecule has 4 rings (SSSR count). The maximum absolute atomic E-state index is 13.8. The van der Waals surface area contributed by atoms with Crippen molar-refractivity contribution >= 4 is 11.8 Å².